The standard InChI is InChI=1S/C20H20N4O2S/c25-19-17(27-20-21-18(22-24(19)20)15-10-7-13-26-15)16(14-8-3-1-4-9-14)23-11-5-2-6-12-23/h1,3-4,7-10,13,16,25H,2,5-6,11-12H2/p+1/t16-/m1/s1. The monoisotopic (exact) mass is 381 g/mol. The second kappa shape index (κ2) is 6.83. The first-order valence-electron chi connectivity index (χ1n) is 9.33. The number of piperidine rings is 1. The number of hydrogen-bond acceptors (Lipinski definition) is 5. The molecule has 2 N–H and O–H groups in total. The second-order valence-electron chi connectivity index (χ2n) is 6.96. The van der Waals surface area contributed by atoms with Crippen LogP contribution in [0.1, 0.15) is 35.7 Å². The Morgan fingerprint density at radius 2 is 1.89 bits per heavy atom. The summed E-state index contributed by atoms with van der Waals surface area (Å²) < 4.78 is 6.92. The molecule has 4 heterocycles. The molecule has 3 aromatic heterocycles. The summed E-state index contributed by atoms with van der Waals surface area (Å²) in [7, 11) is 0. The maximum atomic E-state index is 11.0. The van der Waals surface area contributed by atoms with Gasteiger partial charge in [-0.05, 0) is 31.4 Å². The Labute approximate surface area is 160 Å². The van der Waals surface area contributed by atoms with Gasteiger partial charge in [0.05, 0.1) is 19.4 Å². The van der Waals surface area contributed by atoms with Crippen LogP contribution in [0.3, 0.4) is 0 Å². The molecule has 7 heteroatoms. The van der Waals surface area contributed by atoms with Crippen molar-refractivity contribution in [3.8, 4) is 17.5 Å². The molecule has 0 unspecified atom stereocenters. The molecule has 4 aromatic rings. The third-order valence-electron chi connectivity index (χ3n) is 5.24. The van der Waals surface area contributed by atoms with Gasteiger partial charge in [-0.15, -0.1) is 5.10 Å². The number of fused-ring (bicyclic) bond motifs is 1. The average molecular weight is 381 g/mol. The van der Waals surface area contributed by atoms with Crippen LogP contribution in [-0.4, -0.2) is 32.8 Å². The first-order chi connectivity index (χ1) is 13.3. The second-order valence-corrected chi connectivity index (χ2v) is 7.97. The SMILES string of the molecule is Oc1c([C@@H](c2ccccc2)[NH+]2CCCCC2)sc2nc(-c3ccco3)nn12. The fraction of sp³-hybridized carbons (Fsp3) is 0.300. The minimum atomic E-state index is 0.104. The highest BCUT2D eigenvalue weighted by atomic mass is 32.1. The van der Waals surface area contributed by atoms with Gasteiger partial charge in [-0.2, -0.15) is 9.50 Å². The maximum absolute atomic E-state index is 11.0. The molecule has 1 aliphatic rings. The van der Waals surface area contributed by atoms with Crippen LogP contribution in [-0.2, 0) is 0 Å². The van der Waals surface area contributed by atoms with Crippen molar-refractivity contribution >= 4 is 16.3 Å². The Morgan fingerprint density at radius 3 is 2.59 bits per heavy atom. The lowest BCUT2D eigenvalue weighted by Crippen LogP contribution is -3.13. The zero-order chi connectivity index (χ0) is 18.2. The van der Waals surface area contributed by atoms with Crippen LogP contribution < -0.4 is 4.90 Å². The van der Waals surface area contributed by atoms with E-state index in [1.165, 1.54) is 45.6 Å². The molecule has 0 aliphatic carbocycles. The lowest BCUT2D eigenvalue weighted by molar-refractivity contribution is -0.929. The molecule has 0 radical (unpaired) electrons. The molecule has 27 heavy (non-hydrogen) atoms. The summed E-state index contributed by atoms with van der Waals surface area (Å²) >= 11 is 1.52. The number of aromatic hydroxyl groups is 1. The number of thiazole rings is 1. The zero-order valence-corrected chi connectivity index (χ0v) is 15.7. The third kappa shape index (κ3) is 2.93. The first kappa shape index (κ1) is 16.5. The van der Waals surface area contributed by atoms with Crippen molar-refractivity contribution in [2.45, 2.75) is 25.3 Å². The number of hydrogen-bond donors (Lipinski definition) is 2. The third-order valence-corrected chi connectivity index (χ3v) is 6.33. The van der Waals surface area contributed by atoms with Gasteiger partial charge in [0.2, 0.25) is 16.7 Å². The Bertz CT molecular complexity index is 1030. The number of benzene rings is 1. The van der Waals surface area contributed by atoms with Crippen LogP contribution in [0, 0.1) is 0 Å². The highest BCUT2D eigenvalue weighted by Gasteiger charge is 2.33. The van der Waals surface area contributed by atoms with Gasteiger partial charge < -0.3 is 14.4 Å². The fourth-order valence-electron chi connectivity index (χ4n) is 3.96. The molecule has 5 rings (SSSR count). The summed E-state index contributed by atoms with van der Waals surface area (Å²) in [4.78, 5) is 7.68. The molecule has 138 valence electrons. The summed E-state index contributed by atoms with van der Waals surface area (Å²) in [5.74, 6) is 1.29. The van der Waals surface area contributed by atoms with Gasteiger partial charge in [0.1, 0.15) is 4.88 Å². The van der Waals surface area contributed by atoms with E-state index < -0.39 is 0 Å². The summed E-state index contributed by atoms with van der Waals surface area (Å²) in [6, 6.07) is 14.2. The van der Waals surface area contributed by atoms with Gasteiger partial charge in [-0.25, -0.2) is 0 Å². The van der Waals surface area contributed by atoms with E-state index in [2.05, 4.69) is 34.3 Å². The summed E-state index contributed by atoms with van der Waals surface area (Å²) in [5, 5.41) is 15.4. The molecule has 6 nitrogen and oxygen atoms in total. The van der Waals surface area contributed by atoms with Crippen LogP contribution >= 0.6 is 11.3 Å². The molecule has 0 spiro atoms. The Morgan fingerprint density at radius 1 is 1.07 bits per heavy atom. The lowest BCUT2D eigenvalue weighted by atomic mass is 10.0. The number of aromatic nitrogens is 3. The van der Waals surface area contributed by atoms with E-state index in [0.29, 0.717) is 16.5 Å². The van der Waals surface area contributed by atoms with Crippen LogP contribution in [0.5, 0.6) is 5.88 Å². The van der Waals surface area contributed by atoms with E-state index in [1.807, 2.05) is 12.1 Å². The van der Waals surface area contributed by atoms with Crippen molar-refractivity contribution in [1.82, 2.24) is 14.6 Å². The number of quaternary nitrogens is 1. The van der Waals surface area contributed by atoms with Crippen molar-refractivity contribution in [3.05, 3.63) is 59.2 Å². The molecular weight excluding hydrogens is 360 g/mol. The summed E-state index contributed by atoms with van der Waals surface area (Å²) in [5.41, 5.74) is 1.22. The molecule has 0 bridgehead atoms. The van der Waals surface area contributed by atoms with Crippen LogP contribution in [0.2, 0.25) is 0 Å². The van der Waals surface area contributed by atoms with Crippen molar-refractivity contribution in [1.29, 1.82) is 0 Å². The predicted molar refractivity (Wildman–Crippen MR) is 103 cm³/mol. The van der Waals surface area contributed by atoms with E-state index in [9.17, 15) is 5.11 Å². The minimum Gasteiger partial charge on any atom is -0.492 e. The fourth-order valence-corrected chi connectivity index (χ4v) is 5.10. The molecule has 1 atom stereocenters. The molecule has 1 aliphatic heterocycles. The molecular formula is C20H21N4O2S+. The Hall–Kier alpha value is -2.64. The quantitative estimate of drug-likeness (QED) is 0.570. The highest BCUT2D eigenvalue weighted by molar-refractivity contribution is 7.17. The number of nitrogens with one attached hydrogen (secondary N) is 1. The lowest BCUT2D eigenvalue weighted by Gasteiger charge is -2.31. The van der Waals surface area contributed by atoms with E-state index >= 15 is 0 Å². The smallest absolute Gasteiger partial charge is 0.235 e. The summed E-state index contributed by atoms with van der Waals surface area (Å²) in [6.45, 7) is 2.23. The van der Waals surface area contributed by atoms with E-state index in [0.717, 1.165) is 18.0 Å². The van der Waals surface area contributed by atoms with Crippen molar-refractivity contribution in [3.63, 3.8) is 0 Å². The van der Waals surface area contributed by atoms with Gasteiger partial charge in [0.25, 0.3) is 0 Å². The largest absolute Gasteiger partial charge is 0.492 e. The zero-order valence-electron chi connectivity index (χ0n) is 14.8. The molecule has 1 saturated heterocycles. The van der Waals surface area contributed by atoms with Crippen LogP contribution in [0.25, 0.3) is 16.5 Å². The topological polar surface area (TPSA) is 68.0 Å². The van der Waals surface area contributed by atoms with Crippen molar-refractivity contribution in [2.75, 3.05) is 13.1 Å². The molecule has 0 saturated carbocycles. The first-order valence-corrected chi connectivity index (χ1v) is 10.1. The van der Waals surface area contributed by atoms with Crippen molar-refractivity contribution < 1.29 is 14.4 Å². The van der Waals surface area contributed by atoms with Gasteiger partial charge in [-0.1, -0.05) is 41.7 Å². The van der Waals surface area contributed by atoms with Crippen LogP contribution in [0.4, 0.5) is 0 Å². The minimum absolute atomic E-state index is 0.104. The van der Waals surface area contributed by atoms with Gasteiger partial charge in [-0.3, -0.25) is 0 Å². The van der Waals surface area contributed by atoms with E-state index in [1.54, 1.807) is 12.3 Å². The predicted octanol–water partition coefficient (Wildman–Crippen LogP) is 2.91. The number of rotatable bonds is 4. The Kier molecular flexibility index (Phi) is 4.18. The van der Waals surface area contributed by atoms with Gasteiger partial charge >= 0.3 is 0 Å². The number of nitrogens with zero attached hydrogens (tertiary/aromatic N) is 3. The molecule has 1 aromatic carbocycles. The molecule has 1 fully saturated rings. The number of furan rings is 1. The van der Waals surface area contributed by atoms with E-state index in [4.69, 9.17) is 4.42 Å². The normalized spacial score (nSPS) is 16.7. The highest BCUT2D eigenvalue weighted by Crippen LogP contribution is 2.36. The van der Waals surface area contributed by atoms with Gasteiger partial charge in [0.15, 0.2) is 11.8 Å². The maximum Gasteiger partial charge on any atom is 0.235 e. The molecule has 0 amide bonds. The van der Waals surface area contributed by atoms with E-state index in [-0.39, 0.29) is 11.9 Å². The van der Waals surface area contributed by atoms with Crippen LogP contribution in [0.15, 0.2) is 53.1 Å². The Balaban J connectivity index is 1.59. The van der Waals surface area contributed by atoms with Gasteiger partial charge in [0, 0.05) is 5.56 Å². The summed E-state index contributed by atoms with van der Waals surface area (Å²) in [6.07, 6.45) is 5.34. The number of likely N-dealkylation sites (tertiary alicyclic amines) is 1. The van der Waals surface area contributed by atoms with Crippen molar-refractivity contribution in [2.24, 2.45) is 0 Å². The average Bonchev–Trinajstić information content (AvgIpc) is 3.43.